The van der Waals surface area contributed by atoms with Gasteiger partial charge in [0.15, 0.2) is 18.6 Å². The molecular weight excluding hydrogens is 410 g/mol. The van der Waals surface area contributed by atoms with E-state index in [2.05, 4.69) is 10.7 Å². The van der Waals surface area contributed by atoms with Crippen LogP contribution in [-0.4, -0.2) is 44.2 Å². The zero-order valence-electron chi connectivity index (χ0n) is 18.0. The second kappa shape index (κ2) is 10.6. The van der Waals surface area contributed by atoms with Crippen molar-refractivity contribution in [3.8, 4) is 11.5 Å². The van der Waals surface area contributed by atoms with Gasteiger partial charge in [0.1, 0.15) is 0 Å². The van der Waals surface area contributed by atoms with Gasteiger partial charge in [-0.1, -0.05) is 35.8 Å². The lowest BCUT2D eigenvalue weighted by Gasteiger charge is -2.12. The predicted octanol–water partition coefficient (Wildman–Crippen LogP) is 3.29. The van der Waals surface area contributed by atoms with Crippen LogP contribution in [0.25, 0.3) is 0 Å². The van der Waals surface area contributed by atoms with Crippen molar-refractivity contribution in [1.29, 1.82) is 0 Å². The van der Waals surface area contributed by atoms with Gasteiger partial charge in [-0.25, -0.2) is 0 Å². The number of benzene rings is 3. The Kier molecular flexibility index (Phi) is 7.42. The smallest absolute Gasteiger partial charge is 0.311 e. The fourth-order valence-corrected chi connectivity index (χ4v) is 2.93. The van der Waals surface area contributed by atoms with Gasteiger partial charge in [0, 0.05) is 11.1 Å². The first-order valence-corrected chi connectivity index (χ1v) is 9.72. The third-order valence-electron chi connectivity index (χ3n) is 4.54. The lowest BCUT2D eigenvalue weighted by Crippen LogP contribution is -2.35. The molecule has 0 atom stereocenters. The number of hydrogen-bond acceptors (Lipinski definition) is 5. The van der Waals surface area contributed by atoms with E-state index in [-0.39, 0.29) is 5.56 Å². The number of rotatable bonds is 8. The minimum Gasteiger partial charge on any atom is -0.493 e. The van der Waals surface area contributed by atoms with Gasteiger partial charge in [0.2, 0.25) is 0 Å². The minimum atomic E-state index is -0.456. The minimum absolute atomic E-state index is 0.268. The summed E-state index contributed by atoms with van der Waals surface area (Å²) >= 11 is 0. The standard InChI is InChI=1S/C24H23N3O5/c1-30-21-14-13-18(15-22(21)31-2)23(28)25-20-12-8-7-11-19(20)24(29)26-27(32-3)16-17-9-5-4-6-10-17/h4-16H,1-3H3,(H-,25,26,28,29)/p+1. The molecule has 32 heavy (non-hydrogen) atoms. The van der Waals surface area contributed by atoms with E-state index in [4.69, 9.17) is 14.3 Å². The Morgan fingerprint density at radius 3 is 2.19 bits per heavy atom. The van der Waals surface area contributed by atoms with Crippen molar-refractivity contribution in [2.45, 2.75) is 0 Å². The van der Waals surface area contributed by atoms with Crippen molar-refractivity contribution in [2.24, 2.45) is 0 Å². The first-order valence-electron chi connectivity index (χ1n) is 9.72. The van der Waals surface area contributed by atoms with Crippen LogP contribution < -0.4 is 20.2 Å². The van der Waals surface area contributed by atoms with Crippen LogP contribution >= 0.6 is 0 Å². The Bertz CT molecular complexity index is 1130. The maximum Gasteiger partial charge on any atom is 0.311 e. The molecule has 0 aliphatic carbocycles. The molecule has 0 saturated carbocycles. The van der Waals surface area contributed by atoms with Crippen molar-refractivity contribution >= 4 is 23.7 Å². The molecule has 0 aliphatic heterocycles. The van der Waals surface area contributed by atoms with Crippen LogP contribution in [0.15, 0.2) is 72.8 Å². The second-order valence-corrected chi connectivity index (χ2v) is 6.56. The molecule has 0 aromatic heterocycles. The van der Waals surface area contributed by atoms with Gasteiger partial charge in [-0.05, 0) is 42.5 Å². The predicted molar refractivity (Wildman–Crippen MR) is 120 cm³/mol. The molecule has 0 spiro atoms. The molecule has 0 aliphatic rings. The van der Waals surface area contributed by atoms with Crippen LogP contribution in [0.1, 0.15) is 26.3 Å². The third kappa shape index (κ3) is 5.42. The van der Waals surface area contributed by atoms with Crippen LogP contribution in [0.4, 0.5) is 5.69 Å². The third-order valence-corrected chi connectivity index (χ3v) is 4.54. The first kappa shape index (κ1) is 22.4. The lowest BCUT2D eigenvalue weighted by atomic mass is 10.1. The van der Waals surface area contributed by atoms with Crippen molar-refractivity contribution in [2.75, 3.05) is 26.6 Å². The molecular formula is C24H24N3O5+. The Morgan fingerprint density at radius 2 is 1.50 bits per heavy atom. The summed E-state index contributed by atoms with van der Waals surface area (Å²) in [5.41, 5.74) is 4.46. The number of hydrazine groups is 1. The fourth-order valence-electron chi connectivity index (χ4n) is 2.93. The number of ether oxygens (including phenoxy) is 2. The number of carbonyl (C=O) groups excluding carboxylic acids is 2. The molecule has 3 aromatic carbocycles. The number of amides is 2. The van der Waals surface area contributed by atoms with Gasteiger partial charge >= 0.3 is 5.91 Å². The number of carbonyl (C=O) groups is 2. The van der Waals surface area contributed by atoms with Gasteiger partial charge in [-0.3, -0.25) is 14.4 Å². The van der Waals surface area contributed by atoms with Crippen molar-refractivity contribution in [1.82, 2.24) is 5.43 Å². The number of hydrogen-bond donors (Lipinski definition) is 2. The van der Waals surface area contributed by atoms with Crippen LogP contribution in [0, 0.1) is 0 Å². The fraction of sp³-hybridized carbons (Fsp3) is 0.125. The average molecular weight is 434 g/mol. The Labute approximate surface area is 186 Å². The molecule has 0 heterocycles. The van der Waals surface area contributed by atoms with Crippen LogP contribution in [0.5, 0.6) is 11.5 Å². The highest BCUT2D eigenvalue weighted by molar-refractivity contribution is 6.09. The molecule has 8 heteroatoms. The van der Waals surface area contributed by atoms with E-state index in [1.165, 1.54) is 26.2 Å². The molecule has 164 valence electrons. The summed E-state index contributed by atoms with van der Waals surface area (Å²) in [6.45, 7) is 0. The first-order chi connectivity index (χ1) is 15.5. The summed E-state index contributed by atoms with van der Waals surface area (Å²) in [5.74, 6) is 0.0874. The van der Waals surface area contributed by atoms with E-state index < -0.39 is 11.8 Å². The zero-order chi connectivity index (χ0) is 22.9. The molecule has 2 amide bonds. The molecule has 0 unspecified atom stereocenters. The summed E-state index contributed by atoms with van der Waals surface area (Å²) in [6.07, 6.45) is 1.63. The SMILES string of the molecule is COc1ccc(C(=O)Nc2ccccc2C(=O)N[N+](=Cc2ccccc2)OC)cc1OC. The molecule has 0 bridgehead atoms. The zero-order valence-corrected chi connectivity index (χ0v) is 18.0. The summed E-state index contributed by atoms with van der Waals surface area (Å²) < 4.78 is 10.5. The molecule has 8 nitrogen and oxygen atoms in total. The number of nitrogens with one attached hydrogen (secondary N) is 2. The van der Waals surface area contributed by atoms with Crippen molar-refractivity contribution in [3.05, 3.63) is 89.5 Å². The average Bonchev–Trinajstić information content (AvgIpc) is 2.83. The van der Waals surface area contributed by atoms with Crippen LogP contribution in [-0.2, 0) is 4.84 Å². The highest BCUT2D eigenvalue weighted by atomic mass is 16.7. The number of hydrazone groups is 1. The molecule has 3 rings (SSSR count). The summed E-state index contributed by atoms with van der Waals surface area (Å²) in [4.78, 5) is 32.1. The van der Waals surface area contributed by atoms with E-state index in [0.29, 0.717) is 22.7 Å². The Hall–Kier alpha value is -4.33. The van der Waals surface area contributed by atoms with Gasteiger partial charge in [-0.15, -0.1) is 0 Å². The normalized spacial score (nSPS) is 10.8. The van der Waals surface area contributed by atoms with E-state index in [9.17, 15) is 9.59 Å². The number of anilines is 1. The molecule has 0 radical (unpaired) electrons. The van der Waals surface area contributed by atoms with Gasteiger partial charge in [-0.2, -0.15) is 0 Å². The van der Waals surface area contributed by atoms with E-state index in [0.717, 1.165) is 5.56 Å². The lowest BCUT2D eigenvalue weighted by molar-refractivity contribution is -0.808. The van der Waals surface area contributed by atoms with E-state index in [1.54, 1.807) is 48.7 Å². The Balaban J connectivity index is 1.80. The Morgan fingerprint density at radius 1 is 0.812 bits per heavy atom. The highest BCUT2D eigenvalue weighted by Crippen LogP contribution is 2.28. The second-order valence-electron chi connectivity index (χ2n) is 6.56. The van der Waals surface area contributed by atoms with Crippen molar-refractivity contribution in [3.63, 3.8) is 0 Å². The summed E-state index contributed by atoms with van der Waals surface area (Å²) in [5, 5.41) is 2.77. The topological polar surface area (TPSA) is 88.9 Å². The maximum absolute atomic E-state index is 12.9. The number of nitrogens with zero attached hydrogens (tertiary/aromatic N) is 1. The highest BCUT2D eigenvalue weighted by Gasteiger charge is 2.19. The monoisotopic (exact) mass is 434 g/mol. The maximum atomic E-state index is 12.9. The largest absolute Gasteiger partial charge is 0.493 e. The molecule has 3 aromatic rings. The summed E-state index contributed by atoms with van der Waals surface area (Å²) in [7, 11) is 4.45. The van der Waals surface area contributed by atoms with Gasteiger partial charge in [0.05, 0.1) is 30.3 Å². The van der Waals surface area contributed by atoms with Gasteiger partial charge < -0.3 is 14.8 Å². The summed E-state index contributed by atoms with van der Waals surface area (Å²) in [6, 6.07) is 20.9. The quantitative estimate of drug-likeness (QED) is 0.323. The van der Waals surface area contributed by atoms with Crippen LogP contribution in [0.3, 0.4) is 0 Å². The molecule has 2 N–H and O–H groups in total. The number of para-hydroxylation sites is 1. The van der Waals surface area contributed by atoms with Crippen molar-refractivity contribution < 1.29 is 28.7 Å². The molecule has 0 saturated heterocycles. The molecule has 0 fully saturated rings. The van der Waals surface area contributed by atoms with E-state index >= 15 is 0 Å². The number of methoxy groups -OCH3 is 2. The van der Waals surface area contributed by atoms with E-state index in [1.807, 2.05) is 30.3 Å². The van der Waals surface area contributed by atoms with Gasteiger partial charge in [0.25, 0.3) is 12.1 Å². The van der Waals surface area contributed by atoms with Crippen LogP contribution in [0.2, 0.25) is 0 Å².